The Bertz CT molecular complexity index is 466. The van der Waals surface area contributed by atoms with Crippen LogP contribution in [0.4, 0.5) is 11.4 Å². The van der Waals surface area contributed by atoms with Gasteiger partial charge in [-0.25, -0.2) is 0 Å². The summed E-state index contributed by atoms with van der Waals surface area (Å²) in [4.78, 5) is 22.4. The van der Waals surface area contributed by atoms with E-state index in [0.29, 0.717) is 5.69 Å². The molecular formula is C10H8N2O4. The van der Waals surface area contributed by atoms with Crippen LogP contribution in [0.25, 0.3) is 0 Å². The number of carbonyl (C=O) groups is 1. The van der Waals surface area contributed by atoms with Gasteiger partial charge in [0.25, 0.3) is 11.6 Å². The predicted octanol–water partition coefficient (Wildman–Crippen LogP) is 0.816. The zero-order chi connectivity index (χ0) is 11.7. The lowest BCUT2D eigenvalue weighted by molar-refractivity contribution is -0.384. The number of anilines is 1. The minimum atomic E-state index is -1.01. The minimum absolute atomic E-state index is 0.0576. The number of non-ortho nitro benzene ring substituents is 1. The summed E-state index contributed by atoms with van der Waals surface area (Å²) >= 11 is 0. The summed E-state index contributed by atoms with van der Waals surface area (Å²) in [6, 6.07) is 5.42. The first-order valence-electron chi connectivity index (χ1n) is 4.53. The average molecular weight is 220 g/mol. The Hall–Kier alpha value is -2.21. The molecule has 1 aliphatic heterocycles. The summed E-state index contributed by atoms with van der Waals surface area (Å²) in [5.74, 6) is -0.346. The zero-order valence-electron chi connectivity index (χ0n) is 8.11. The standard InChI is InChI=1S/C10H8N2O4/c13-9-5-6-10(14)11(9)7-1-3-8(4-2-7)12(15)16/h1-6,9,13H. The van der Waals surface area contributed by atoms with E-state index >= 15 is 0 Å². The van der Waals surface area contributed by atoms with Crippen LogP contribution in [0, 0.1) is 10.1 Å². The van der Waals surface area contributed by atoms with Crippen LogP contribution in [0.3, 0.4) is 0 Å². The lowest BCUT2D eigenvalue weighted by Crippen LogP contribution is -2.33. The molecule has 1 atom stereocenters. The number of carbonyl (C=O) groups excluding carboxylic acids is 1. The summed E-state index contributed by atoms with van der Waals surface area (Å²) in [5, 5.41) is 19.9. The van der Waals surface area contributed by atoms with E-state index in [-0.39, 0.29) is 11.6 Å². The monoisotopic (exact) mass is 220 g/mol. The molecule has 1 aromatic carbocycles. The minimum Gasteiger partial charge on any atom is -0.369 e. The lowest BCUT2D eigenvalue weighted by Gasteiger charge is -2.19. The van der Waals surface area contributed by atoms with Crippen molar-refractivity contribution < 1.29 is 14.8 Å². The molecule has 6 heteroatoms. The maximum Gasteiger partial charge on any atom is 0.269 e. The number of nitrogens with zero attached hydrogens (tertiary/aromatic N) is 2. The molecule has 0 bridgehead atoms. The number of nitro groups is 1. The van der Waals surface area contributed by atoms with E-state index in [1.165, 1.54) is 36.4 Å². The topological polar surface area (TPSA) is 83.7 Å². The van der Waals surface area contributed by atoms with Gasteiger partial charge in [-0.1, -0.05) is 0 Å². The summed E-state index contributed by atoms with van der Waals surface area (Å²) < 4.78 is 0. The highest BCUT2D eigenvalue weighted by atomic mass is 16.6. The van der Waals surface area contributed by atoms with Gasteiger partial charge in [0, 0.05) is 23.9 Å². The molecule has 6 nitrogen and oxygen atoms in total. The maximum atomic E-state index is 11.3. The number of hydrogen-bond acceptors (Lipinski definition) is 4. The van der Waals surface area contributed by atoms with E-state index in [2.05, 4.69) is 0 Å². The summed E-state index contributed by atoms with van der Waals surface area (Å²) in [7, 11) is 0. The third kappa shape index (κ3) is 1.66. The van der Waals surface area contributed by atoms with Crippen molar-refractivity contribution in [3.63, 3.8) is 0 Å². The van der Waals surface area contributed by atoms with Crippen molar-refractivity contribution in [2.75, 3.05) is 4.90 Å². The van der Waals surface area contributed by atoms with Crippen molar-refractivity contribution in [3.8, 4) is 0 Å². The first-order chi connectivity index (χ1) is 7.59. The van der Waals surface area contributed by atoms with E-state index in [1.54, 1.807) is 0 Å². The number of rotatable bonds is 2. The van der Waals surface area contributed by atoms with Crippen LogP contribution < -0.4 is 4.90 Å². The van der Waals surface area contributed by atoms with Crippen LogP contribution in [-0.2, 0) is 4.79 Å². The number of aliphatic hydroxyl groups excluding tert-OH is 1. The molecule has 0 saturated carbocycles. The van der Waals surface area contributed by atoms with Crippen molar-refractivity contribution in [1.29, 1.82) is 0 Å². The smallest absolute Gasteiger partial charge is 0.269 e. The van der Waals surface area contributed by atoms with Gasteiger partial charge in [0.1, 0.15) is 0 Å². The molecule has 1 heterocycles. The van der Waals surface area contributed by atoms with E-state index in [4.69, 9.17) is 0 Å². The second-order valence-electron chi connectivity index (χ2n) is 3.25. The Kier molecular flexibility index (Phi) is 2.41. The normalized spacial score (nSPS) is 19.2. The van der Waals surface area contributed by atoms with Crippen molar-refractivity contribution >= 4 is 17.3 Å². The Balaban J connectivity index is 2.29. The number of amides is 1. The van der Waals surface area contributed by atoms with Crippen LogP contribution in [0.15, 0.2) is 36.4 Å². The van der Waals surface area contributed by atoms with E-state index in [9.17, 15) is 20.0 Å². The van der Waals surface area contributed by atoms with Gasteiger partial charge in [0.15, 0.2) is 6.23 Å². The quantitative estimate of drug-likeness (QED) is 0.590. The molecule has 1 aliphatic rings. The molecule has 2 rings (SSSR count). The van der Waals surface area contributed by atoms with Gasteiger partial charge in [-0.2, -0.15) is 0 Å². The maximum absolute atomic E-state index is 11.3. The number of nitro benzene ring substituents is 1. The molecule has 0 aliphatic carbocycles. The Morgan fingerprint density at radius 3 is 2.38 bits per heavy atom. The first-order valence-corrected chi connectivity index (χ1v) is 4.53. The molecule has 1 amide bonds. The van der Waals surface area contributed by atoms with Gasteiger partial charge in [-0.15, -0.1) is 0 Å². The van der Waals surface area contributed by atoms with E-state index in [0.717, 1.165) is 4.90 Å². The lowest BCUT2D eigenvalue weighted by atomic mass is 10.2. The molecular weight excluding hydrogens is 212 g/mol. The SMILES string of the molecule is O=C1C=CC(O)N1c1ccc([N+](=O)[O-])cc1. The average Bonchev–Trinajstić information content (AvgIpc) is 2.59. The molecule has 1 N–H and O–H groups in total. The highest BCUT2D eigenvalue weighted by molar-refractivity contribution is 6.04. The fraction of sp³-hybridized carbons (Fsp3) is 0.100. The van der Waals surface area contributed by atoms with Crippen molar-refractivity contribution in [3.05, 3.63) is 46.5 Å². The van der Waals surface area contributed by atoms with Crippen LogP contribution in [0.1, 0.15) is 0 Å². The third-order valence-electron chi connectivity index (χ3n) is 2.25. The Morgan fingerprint density at radius 1 is 1.31 bits per heavy atom. The van der Waals surface area contributed by atoms with Gasteiger partial charge in [0.05, 0.1) is 4.92 Å². The van der Waals surface area contributed by atoms with Crippen LogP contribution in [0.2, 0.25) is 0 Å². The molecule has 82 valence electrons. The zero-order valence-corrected chi connectivity index (χ0v) is 8.11. The number of hydrogen-bond donors (Lipinski definition) is 1. The molecule has 0 saturated heterocycles. The van der Waals surface area contributed by atoms with Gasteiger partial charge in [-0.05, 0) is 18.2 Å². The Morgan fingerprint density at radius 2 is 1.94 bits per heavy atom. The first kappa shape index (κ1) is 10.3. The van der Waals surface area contributed by atoms with Gasteiger partial charge < -0.3 is 5.11 Å². The van der Waals surface area contributed by atoms with Gasteiger partial charge in [-0.3, -0.25) is 19.8 Å². The molecule has 0 radical (unpaired) electrons. The Labute approximate surface area is 90.6 Å². The predicted molar refractivity (Wildman–Crippen MR) is 55.7 cm³/mol. The van der Waals surface area contributed by atoms with Gasteiger partial charge >= 0.3 is 0 Å². The van der Waals surface area contributed by atoms with Crippen LogP contribution >= 0.6 is 0 Å². The summed E-state index contributed by atoms with van der Waals surface area (Å²) in [6.45, 7) is 0. The molecule has 0 fully saturated rings. The van der Waals surface area contributed by atoms with Crippen LogP contribution in [-0.4, -0.2) is 22.2 Å². The summed E-state index contributed by atoms with van der Waals surface area (Å²) in [5.41, 5.74) is 0.367. The van der Waals surface area contributed by atoms with Gasteiger partial charge in [0.2, 0.25) is 0 Å². The fourth-order valence-corrected chi connectivity index (χ4v) is 1.48. The molecule has 1 aromatic rings. The van der Waals surface area contributed by atoms with Crippen molar-refractivity contribution in [2.24, 2.45) is 0 Å². The second-order valence-corrected chi connectivity index (χ2v) is 3.25. The molecule has 1 unspecified atom stereocenters. The van der Waals surface area contributed by atoms with E-state index in [1.807, 2.05) is 0 Å². The number of aliphatic hydroxyl groups is 1. The molecule has 0 spiro atoms. The highest BCUT2D eigenvalue weighted by Gasteiger charge is 2.25. The molecule has 0 aromatic heterocycles. The summed E-state index contributed by atoms with van der Waals surface area (Å²) in [6.07, 6.45) is 1.60. The third-order valence-corrected chi connectivity index (χ3v) is 2.25. The fourth-order valence-electron chi connectivity index (χ4n) is 1.48. The second kappa shape index (κ2) is 3.74. The molecule has 16 heavy (non-hydrogen) atoms. The largest absolute Gasteiger partial charge is 0.369 e. The number of benzene rings is 1. The van der Waals surface area contributed by atoms with Crippen LogP contribution in [0.5, 0.6) is 0 Å². The van der Waals surface area contributed by atoms with Crippen molar-refractivity contribution in [1.82, 2.24) is 0 Å². The highest BCUT2D eigenvalue weighted by Crippen LogP contribution is 2.23. The van der Waals surface area contributed by atoms with Crippen molar-refractivity contribution in [2.45, 2.75) is 6.23 Å². The van der Waals surface area contributed by atoms with E-state index < -0.39 is 11.2 Å².